The number of halogens is 1. The van der Waals surface area contributed by atoms with Gasteiger partial charge in [-0.2, -0.15) is 0 Å². The van der Waals surface area contributed by atoms with Crippen molar-refractivity contribution in [1.82, 2.24) is 0 Å². The fourth-order valence-corrected chi connectivity index (χ4v) is 2.38. The van der Waals surface area contributed by atoms with Crippen molar-refractivity contribution < 1.29 is 28.7 Å². The molecule has 23 heavy (non-hydrogen) atoms. The average Bonchev–Trinajstić information content (AvgIpc) is 2.47. The second-order valence-electron chi connectivity index (χ2n) is 4.72. The molecule has 0 radical (unpaired) electrons. The van der Waals surface area contributed by atoms with Crippen molar-refractivity contribution in [3.05, 3.63) is 29.3 Å². The molecule has 0 bridgehead atoms. The second kappa shape index (κ2) is 9.67. The molecule has 128 valence electrons. The van der Waals surface area contributed by atoms with Crippen LogP contribution in [0.4, 0.5) is 0 Å². The number of rotatable bonds is 9. The molecule has 0 amide bonds. The largest absolute Gasteiger partial charge is 0.482 e. The number of carbonyl (C=O) groups excluding carboxylic acids is 1. The van der Waals surface area contributed by atoms with E-state index in [0.29, 0.717) is 17.2 Å². The van der Waals surface area contributed by atoms with Gasteiger partial charge in [-0.3, -0.25) is 4.57 Å². The summed E-state index contributed by atoms with van der Waals surface area (Å²) in [6, 6.07) is 6.43. The fraction of sp³-hybridized carbons (Fsp3) is 0.429. The van der Waals surface area contributed by atoms with Crippen molar-refractivity contribution >= 4 is 30.6 Å². The summed E-state index contributed by atoms with van der Waals surface area (Å²) in [5, 5.41) is 3.75. The lowest BCUT2D eigenvalue weighted by atomic mass is 10.2. The van der Waals surface area contributed by atoms with Crippen LogP contribution >= 0.6 is 19.2 Å². The van der Waals surface area contributed by atoms with Crippen molar-refractivity contribution in [1.29, 1.82) is 0 Å². The summed E-state index contributed by atoms with van der Waals surface area (Å²) in [5.74, 6) is -0.497. The molecule has 0 unspecified atom stereocenters. The van der Waals surface area contributed by atoms with Crippen LogP contribution in [-0.4, -0.2) is 27.8 Å². The van der Waals surface area contributed by atoms with E-state index in [9.17, 15) is 19.1 Å². The minimum Gasteiger partial charge on any atom is -0.482 e. The number of benzene rings is 1. The lowest BCUT2D eigenvalue weighted by Gasteiger charge is -2.08. The Morgan fingerprint density at radius 3 is 2.70 bits per heavy atom. The van der Waals surface area contributed by atoms with Gasteiger partial charge in [-0.15, -0.1) is 0 Å². The zero-order chi connectivity index (χ0) is 17.3. The summed E-state index contributed by atoms with van der Waals surface area (Å²) >= 11 is 5.77. The summed E-state index contributed by atoms with van der Waals surface area (Å²) in [6.45, 7) is 1.51. The molecular weight excluding hydrogens is 345 g/mol. The van der Waals surface area contributed by atoms with E-state index in [2.05, 4.69) is 9.99 Å². The highest BCUT2D eigenvalue weighted by Crippen LogP contribution is 2.39. The maximum atomic E-state index is 11.5. The monoisotopic (exact) mass is 363 g/mol. The van der Waals surface area contributed by atoms with Crippen LogP contribution in [0.2, 0.25) is 5.02 Å². The Hall–Kier alpha value is -1.40. The fourth-order valence-electron chi connectivity index (χ4n) is 1.61. The Labute approximate surface area is 139 Å². The molecule has 0 aliphatic carbocycles. The van der Waals surface area contributed by atoms with E-state index in [4.69, 9.17) is 16.3 Å². The van der Waals surface area contributed by atoms with Crippen molar-refractivity contribution in [3.8, 4) is 5.75 Å². The van der Waals surface area contributed by atoms with Gasteiger partial charge >= 0.3 is 13.6 Å². The Bertz CT molecular complexity index is 601. The minimum atomic E-state index is -4.54. The van der Waals surface area contributed by atoms with E-state index < -0.39 is 25.6 Å². The normalized spacial score (nSPS) is 12.1. The molecule has 7 nitrogen and oxygen atoms in total. The molecule has 0 aromatic heterocycles. The lowest BCUT2D eigenvalue weighted by molar-refractivity contribution is -0.146. The molecule has 0 saturated heterocycles. The standard InChI is InChI=1S/C14H19ClNO6P/c1-2-3-4-8-13(23(18,19)20)16-22-14(17)10-21-12-7-5-6-11(15)9-12/h5-7,9H,2-4,8,10H2,1H3,(H2,18,19,20). The van der Waals surface area contributed by atoms with Crippen LogP contribution < -0.4 is 4.74 Å². The highest BCUT2D eigenvalue weighted by Gasteiger charge is 2.24. The van der Waals surface area contributed by atoms with Gasteiger partial charge in [0.05, 0.1) is 0 Å². The number of oxime groups is 1. The zero-order valence-electron chi connectivity index (χ0n) is 12.6. The predicted octanol–water partition coefficient (Wildman–Crippen LogP) is 3.33. The Morgan fingerprint density at radius 1 is 1.35 bits per heavy atom. The first-order chi connectivity index (χ1) is 10.8. The van der Waals surface area contributed by atoms with E-state index in [1.807, 2.05) is 6.92 Å². The van der Waals surface area contributed by atoms with E-state index in [-0.39, 0.29) is 6.42 Å². The first-order valence-corrected chi connectivity index (χ1v) is 9.03. The molecule has 0 spiro atoms. The quantitative estimate of drug-likeness (QED) is 0.229. The van der Waals surface area contributed by atoms with Crippen molar-refractivity contribution in [3.63, 3.8) is 0 Å². The predicted molar refractivity (Wildman–Crippen MR) is 86.7 cm³/mol. The van der Waals surface area contributed by atoms with Crippen LogP contribution in [0.1, 0.15) is 32.6 Å². The van der Waals surface area contributed by atoms with Crippen molar-refractivity contribution in [2.24, 2.45) is 5.16 Å². The maximum absolute atomic E-state index is 11.5. The smallest absolute Gasteiger partial charge is 0.373 e. The highest BCUT2D eigenvalue weighted by molar-refractivity contribution is 7.70. The Kier molecular flexibility index (Phi) is 8.26. The van der Waals surface area contributed by atoms with Crippen LogP contribution in [0, 0.1) is 0 Å². The second-order valence-corrected chi connectivity index (χ2v) is 6.76. The van der Waals surface area contributed by atoms with Crippen LogP contribution in [0.5, 0.6) is 5.75 Å². The SMILES string of the molecule is CCCCCC(=NOC(=O)COc1cccc(Cl)c1)P(=O)(O)O. The van der Waals surface area contributed by atoms with Gasteiger partial charge in [-0.05, 0) is 24.6 Å². The molecule has 9 heteroatoms. The summed E-state index contributed by atoms with van der Waals surface area (Å²) in [4.78, 5) is 34.4. The summed E-state index contributed by atoms with van der Waals surface area (Å²) in [6.07, 6.45) is 2.31. The molecular formula is C14H19ClNO6P. The molecule has 0 aliphatic rings. The lowest BCUT2D eigenvalue weighted by Crippen LogP contribution is -2.13. The van der Waals surface area contributed by atoms with Crippen LogP contribution in [0.15, 0.2) is 29.4 Å². The topological polar surface area (TPSA) is 105 Å². The van der Waals surface area contributed by atoms with E-state index in [1.54, 1.807) is 18.2 Å². The summed E-state index contributed by atoms with van der Waals surface area (Å²) in [7, 11) is -4.54. The molecule has 1 aromatic rings. The van der Waals surface area contributed by atoms with E-state index >= 15 is 0 Å². The van der Waals surface area contributed by atoms with Crippen molar-refractivity contribution in [2.45, 2.75) is 32.6 Å². The highest BCUT2D eigenvalue weighted by atomic mass is 35.5. The van der Waals surface area contributed by atoms with E-state index in [0.717, 1.165) is 12.8 Å². The van der Waals surface area contributed by atoms with Gasteiger partial charge in [0.25, 0.3) is 0 Å². The first-order valence-electron chi connectivity index (χ1n) is 7.04. The van der Waals surface area contributed by atoms with Crippen LogP contribution in [0.25, 0.3) is 0 Å². The molecule has 0 heterocycles. The molecule has 0 atom stereocenters. The summed E-state index contributed by atoms with van der Waals surface area (Å²) < 4.78 is 16.4. The number of hydrogen-bond donors (Lipinski definition) is 2. The number of nitrogens with zero attached hydrogens (tertiary/aromatic N) is 1. The zero-order valence-corrected chi connectivity index (χ0v) is 14.3. The minimum absolute atomic E-state index is 0.0700. The van der Waals surface area contributed by atoms with Gasteiger partial charge in [0.2, 0.25) is 0 Å². The summed E-state index contributed by atoms with van der Waals surface area (Å²) in [5.41, 5.74) is -0.443. The Morgan fingerprint density at radius 2 is 2.09 bits per heavy atom. The third kappa shape index (κ3) is 8.13. The third-order valence-corrected chi connectivity index (χ3v) is 3.96. The average molecular weight is 364 g/mol. The number of ether oxygens (including phenoxy) is 1. The molecule has 0 aliphatic heterocycles. The van der Waals surface area contributed by atoms with Gasteiger partial charge in [0, 0.05) is 11.4 Å². The third-order valence-electron chi connectivity index (χ3n) is 2.75. The first kappa shape index (κ1) is 19.6. The number of unbranched alkanes of at least 4 members (excludes halogenated alkanes) is 2. The maximum Gasteiger partial charge on any atom is 0.373 e. The molecule has 1 aromatic carbocycles. The van der Waals surface area contributed by atoms with Crippen molar-refractivity contribution in [2.75, 3.05) is 6.61 Å². The van der Waals surface area contributed by atoms with Gasteiger partial charge < -0.3 is 19.4 Å². The van der Waals surface area contributed by atoms with Gasteiger partial charge in [-0.25, -0.2) is 4.79 Å². The Balaban J connectivity index is 2.54. The molecule has 1 rings (SSSR count). The van der Waals surface area contributed by atoms with Gasteiger partial charge in [-0.1, -0.05) is 42.6 Å². The molecule has 2 N–H and O–H groups in total. The molecule has 0 fully saturated rings. The number of carbonyl (C=O) groups is 1. The van der Waals surface area contributed by atoms with Crippen LogP contribution in [-0.2, 0) is 14.2 Å². The van der Waals surface area contributed by atoms with Gasteiger partial charge in [0.1, 0.15) is 5.75 Å². The van der Waals surface area contributed by atoms with Gasteiger partial charge in [0.15, 0.2) is 12.1 Å². The van der Waals surface area contributed by atoms with Crippen LogP contribution in [0.3, 0.4) is 0 Å². The van der Waals surface area contributed by atoms with E-state index in [1.165, 1.54) is 6.07 Å². The number of hydrogen-bond acceptors (Lipinski definition) is 5. The molecule has 0 saturated carbocycles.